The molecule has 1 atom stereocenters. The average Bonchev–Trinajstić information content (AvgIpc) is 2.64. The molecule has 0 saturated heterocycles. The van der Waals surface area contributed by atoms with Gasteiger partial charge in [0, 0.05) is 4.90 Å². The minimum atomic E-state index is -1.19. The van der Waals surface area contributed by atoms with E-state index in [1.807, 2.05) is 45.0 Å². The summed E-state index contributed by atoms with van der Waals surface area (Å²) in [5.74, 6) is 0.264. The number of fused-ring (bicyclic) bond motifs is 1. The van der Waals surface area contributed by atoms with Crippen LogP contribution >= 0.6 is 22.5 Å². The highest BCUT2D eigenvalue weighted by atomic mass is 35.5. The predicted molar refractivity (Wildman–Crippen MR) is 77.7 cm³/mol. The third-order valence-corrected chi connectivity index (χ3v) is 4.86. The van der Waals surface area contributed by atoms with Crippen LogP contribution in [-0.4, -0.2) is 21.8 Å². The lowest BCUT2D eigenvalue weighted by Crippen LogP contribution is -2.24. The Kier molecular flexibility index (Phi) is 3.69. The fraction of sp³-hybridized carbons (Fsp3) is 0.385. The number of hydrogen-bond donors (Lipinski definition) is 1. The number of halogens is 1. The Bertz CT molecular complexity index is 508. The minimum absolute atomic E-state index is 0.221. The first-order valence-electron chi connectivity index (χ1n) is 5.68. The topological polar surface area (TPSA) is 38.7 Å². The molecule has 1 aliphatic rings. The summed E-state index contributed by atoms with van der Waals surface area (Å²) in [6.45, 7) is 5.58. The molecule has 0 N–H and O–H groups in total. The summed E-state index contributed by atoms with van der Waals surface area (Å²) in [6.07, 6.45) is 0. The zero-order valence-electron chi connectivity index (χ0n) is 10.6. The average molecular weight is 286 g/mol. The van der Waals surface area contributed by atoms with E-state index in [0.717, 1.165) is 15.6 Å². The Hall–Kier alpha value is -1.00. The molecule has 0 saturated carbocycles. The molecule has 0 bridgehead atoms. The predicted octanol–water partition coefficient (Wildman–Crippen LogP) is 4.26. The van der Waals surface area contributed by atoms with Crippen LogP contribution in [0.25, 0.3) is 0 Å². The molecule has 98 valence electrons. The van der Waals surface area contributed by atoms with Crippen LogP contribution in [0.3, 0.4) is 0 Å². The summed E-state index contributed by atoms with van der Waals surface area (Å²) in [6, 6.07) is 7.63. The van der Waals surface area contributed by atoms with Gasteiger partial charge < -0.3 is 4.74 Å². The number of ether oxygens (including phenoxy) is 1. The van der Waals surface area contributed by atoms with E-state index in [4.69, 9.17) is 16.3 Å². The Morgan fingerprint density at radius 3 is 2.67 bits per heavy atom. The second-order valence-corrected chi connectivity index (χ2v) is 7.27. The zero-order chi connectivity index (χ0) is 13.3. The molecule has 1 aromatic rings. The molecule has 3 nitrogen and oxygen atoms in total. The molecule has 0 radical (unpaired) electrons. The second kappa shape index (κ2) is 4.94. The molecule has 0 fully saturated rings. The van der Waals surface area contributed by atoms with Crippen LogP contribution in [0.4, 0.5) is 10.5 Å². The van der Waals surface area contributed by atoms with Crippen molar-refractivity contribution >= 4 is 38.5 Å². The number of carbonyl (C=O) groups is 1. The minimum Gasteiger partial charge on any atom is -0.453 e. The Balaban J connectivity index is 2.32. The number of nitrogens with zero attached hydrogens (tertiary/aromatic N) is 1. The number of thiol groups is 1. The second-order valence-electron chi connectivity index (χ2n) is 4.97. The van der Waals surface area contributed by atoms with E-state index >= 15 is 0 Å². The molecule has 1 aromatic carbocycles. The van der Waals surface area contributed by atoms with Gasteiger partial charge in [-0.05, 0) is 32.9 Å². The van der Waals surface area contributed by atoms with Gasteiger partial charge in [-0.3, -0.25) is 0 Å². The summed E-state index contributed by atoms with van der Waals surface area (Å²) in [4.78, 5) is 17.6. The molecule has 0 spiro atoms. The van der Waals surface area contributed by atoms with Gasteiger partial charge in [-0.25, -0.2) is 9.79 Å². The maximum atomic E-state index is 12.3. The monoisotopic (exact) mass is 285 g/mol. The fourth-order valence-electron chi connectivity index (χ4n) is 1.68. The van der Waals surface area contributed by atoms with E-state index in [2.05, 4.69) is 4.99 Å². The van der Waals surface area contributed by atoms with Crippen LogP contribution in [0, 0.1) is 0 Å². The number of benzene rings is 1. The molecule has 5 heteroatoms. The number of hydrogen-bond acceptors (Lipinski definition) is 3. The van der Waals surface area contributed by atoms with Crippen molar-refractivity contribution in [1.29, 1.82) is 0 Å². The molecule has 0 amide bonds. The van der Waals surface area contributed by atoms with Crippen LogP contribution in [0.1, 0.15) is 20.8 Å². The van der Waals surface area contributed by atoms with Crippen LogP contribution < -0.4 is 0 Å². The summed E-state index contributed by atoms with van der Waals surface area (Å²) in [5.41, 5.74) is 0.346. The van der Waals surface area contributed by atoms with Crippen molar-refractivity contribution in [1.82, 2.24) is 0 Å². The third kappa shape index (κ3) is 2.70. The maximum absolute atomic E-state index is 12.3. The van der Waals surface area contributed by atoms with Gasteiger partial charge in [-0.2, -0.15) is 0 Å². The SMILES string of the molecule is CC(C)(C)OC(=O)[SH]1C(CCl)=Nc2ccccc21. The smallest absolute Gasteiger partial charge is 0.356 e. The summed E-state index contributed by atoms with van der Waals surface area (Å²) in [5, 5.41) is 0.504. The van der Waals surface area contributed by atoms with E-state index in [1.165, 1.54) is 0 Å². The lowest BCUT2D eigenvalue weighted by atomic mass is 10.2. The molecule has 0 aliphatic carbocycles. The number of carbonyl (C=O) groups excluding carboxylic acids is 1. The molecule has 1 unspecified atom stereocenters. The Morgan fingerprint density at radius 1 is 1.39 bits per heavy atom. The van der Waals surface area contributed by atoms with E-state index in [1.54, 1.807) is 0 Å². The summed E-state index contributed by atoms with van der Waals surface area (Å²) in [7, 11) is -1.19. The van der Waals surface area contributed by atoms with E-state index in [0.29, 0.717) is 0 Å². The standard InChI is InChI=1S/C13H16ClNO2S/c1-13(2,3)17-12(16)18-10-7-5-4-6-9(10)15-11(18)8-14/h4-7,18H,8H2,1-3H3. The van der Waals surface area contributed by atoms with Crippen LogP contribution in [0.15, 0.2) is 34.2 Å². The van der Waals surface area contributed by atoms with Crippen molar-refractivity contribution in [2.75, 3.05) is 5.88 Å². The van der Waals surface area contributed by atoms with Crippen LogP contribution in [0.2, 0.25) is 0 Å². The number of para-hydroxylation sites is 1. The fourth-order valence-corrected chi connectivity index (χ4v) is 4.06. The van der Waals surface area contributed by atoms with Gasteiger partial charge in [0.05, 0.1) is 16.6 Å². The Morgan fingerprint density at radius 2 is 2.06 bits per heavy atom. The van der Waals surface area contributed by atoms with Gasteiger partial charge in [0.15, 0.2) is 0 Å². The van der Waals surface area contributed by atoms with E-state index < -0.39 is 16.5 Å². The first-order chi connectivity index (χ1) is 8.42. The third-order valence-electron chi connectivity index (χ3n) is 2.33. The van der Waals surface area contributed by atoms with Crippen molar-refractivity contribution in [2.24, 2.45) is 4.99 Å². The Labute approximate surface area is 115 Å². The van der Waals surface area contributed by atoms with Crippen LogP contribution in [-0.2, 0) is 4.74 Å². The van der Waals surface area contributed by atoms with Crippen molar-refractivity contribution in [3.05, 3.63) is 24.3 Å². The normalized spacial score (nSPS) is 20.2. The van der Waals surface area contributed by atoms with Crippen molar-refractivity contribution < 1.29 is 9.53 Å². The maximum Gasteiger partial charge on any atom is 0.356 e. The quantitative estimate of drug-likeness (QED) is 0.475. The molecular weight excluding hydrogens is 270 g/mol. The lowest BCUT2D eigenvalue weighted by Gasteiger charge is -2.24. The zero-order valence-corrected chi connectivity index (χ0v) is 12.3. The lowest BCUT2D eigenvalue weighted by molar-refractivity contribution is 0.0736. The first kappa shape index (κ1) is 13.4. The first-order valence-corrected chi connectivity index (χ1v) is 7.55. The summed E-state index contributed by atoms with van der Waals surface area (Å²) < 4.78 is 5.46. The molecule has 1 aliphatic heterocycles. The van der Waals surface area contributed by atoms with E-state index in [-0.39, 0.29) is 11.2 Å². The highest BCUT2D eigenvalue weighted by molar-refractivity contribution is 8.41. The van der Waals surface area contributed by atoms with E-state index in [9.17, 15) is 4.79 Å². The van der Waals surface area contributed by atoms with Gasteiger partial charge in [-0.15, -0.1) is 11.6 Å². The van der Waals surface area contributed by atoms with Crippen molar-refractivity contribution in [3.63, 3.8) is 0 Å². The highest BCUT2D eigenvalue weighted by Crippen LogP contribution is 2.51. The highest BCUT2D eigenvalue weighted by Gasteiger charge is 2.32. The number of rotatable bonds is 1. The summed E-state index contributed by atoms with van der Waals surface area (Å²) >= 11 is 5.89. The molecule has 18 heavy (non-hydrogen) atoms. The van der Waals surface area contributed by atoms with Crippen LogP contribution in [0.5, 0.6) is 0 Å². The molecule has 2 rings (SSSR count). The number of alkyl halides is 1. The van der Waals surface area contributed by atoms with Gasteiger partial charge in [0.1, 0.15) is 5.60 Å². The largest absolute Gasteiger partial charge is 0.453 e. The van der Waals surface area contributed by atoms with Gasteiger partial charge in [0.2, 0.25) is 0 Å². The van der Waals surface area contributed by atoms with Gasteiger partial charge >= 0.3 is 5.30 Å². The molecule has 1 heterocycles. The molecule has 0 aromatic heterocycles. The van der Waals surface area contributed by atoms with Crippen molar-refractivity contribution in [3.8, 4) is 0 Å². The van der Waals surface area contributed by atoms with Gasteiger partial charge in [0.25, 0.3) is 0 Å². The molecular formula is C13H16ClNO2S. The van der Waals surface area contributed by atoms with Crippen molar-refractivity contribution in [2.45, 2.75) is 31.3 Å². The van der Waals surface area contributed by atoms with Gasteiger partial charge in [-0.1, -0.05) is 23.0 Å². The number of aliphatic imine (C=N–C) groups is 1.